The molecule has 0 aliphatic carbocycles. The molecule has 0 amide bonds. The van der Waals surface area contributed by atoms with Crippen molar-refractivity contribution in [2.75, 3.05) is 17.8 Å². The molecule has 0 spiro atoms. The van der Waals surface area contributed by atoms with E-state index in [9.17, 15) is 17.2 Å². The van der Waals surface area contributed by atoms with Gasteiger partial charge in [-0.15, -0.1) is 11.3 Å². The molecule has 1 saturated heterocycles. The number of aromatic nitrogens is 1. The Labute approximate surface area is 152 Å². The number of anilines is 1. The summed E-state index contributed by atoms with van der Waals surface area (Å²) < 4.78 is 60.3. The summed E-state index contributed by atoms with van der Waals surface area (Å²) in [5.74, 6) is -1.07. The lowest BCUT2D eigenvalue weighted by Crippen LogP contribution is -2.44. The van der Waals surface area contributed by atoms with Crippen LogP contribution in [0.2, 0.25) is 5.02 Å². The Bertz CT molecular complexity index is 849. The van der Waals surface area contributed by atoms with Crippen molar-refractivity contribution in [3.8, 4) is 5.75 Å². The van der Waals surface area contributed by atoms with E-state index in [1.54, 1.807) is 0 Å². The summed E-state index contributed by atoms with van der Waals surface area (Å²) in [5, 5.41) is 4.22. The largest absolute Gasteiger partial charge is 0.486 e. The zero-order valence-corrected chi connectivity index (χ0v) is 15.1. The number of thiazole rings is 1. The SMILES string of the molecule is O=S(=O)(Nc1cscn1)c1cc(Cl)c(O[C@H]2CCNC[C@H]2F)cc1F. The molecule has 2 atom stereocenters. The van der Waals surface area contributed by atoms with Gasteiger partial charge in [0.1, 0.15) is 28.7 Å². The van der Waals surface area contributed by atoms with Crippen molar-refractivity contribution >= 4 is 38.8 Å². The molecule has 0 radical (unpaired) electrons. The summed E-state index contributed by atoms with van der Waals surface area (Å²) in [6.45, 7) is 0.698. The quantitative estimate of drug-likeness (QED) is 0.793. The van der Waals surface area contributed by atoms with Gasteiger partial charge in [0.15, 0.2) is 5.82 Å². The topological polar surface area (TPSA) is 80.3 Å². The lowest BCUT2D eigenvalue weighted by molar-refractivity contribution is 0.0729. The third-order valence-corrected chi connectivity index (χ3v) is 5.83. The summed E-state index contributed by atoms with van der Waals surface area (Å²) >= 11 is 7.21. The van der Waals surface area contributed by atoms with Crippen molar-refractivity contribution in [2.24, 2.45) is 0 Å². The van der Waals surface area contributed by atoms with Crippen LogP contribution in [0.4, 0.5) is 14.6 Å². The van der Waals surface area contributed by atoms with E-state index in [0.29, 0.717) is 13.0 Å². The highest BCUT2D eigenvalue weighted by Crippen LogP contribution is 2.32. The van der Waals surface area contributed by atoms with E-state index in [2.05, 4.69) is 15.0 Å². The summed E-state index contributed by atoms with van der Waals surface area (Å²) in [4.78, 5) is 3.14. The lowest BCUT2D eigenvalue weighted by atomic mass is 10.1. The molecule has 1 aromatic heterocycles. The number of piperidine rings is 1. The maximum absolute atomic E-state index is 14.3. The van der Waals surface area contributed by atoms with E-state index in [-0.39, 0.29) is 23.1 Å². The van der Waals surface area contributed by atoms with E-state index in [1.807, 2.05) is 0 Å². The van der Waals surface area contributed by atoms with Gasteiger partial charge in [-0.25, -0.2) is 22.2 Å². The number of nitrogens with one attached hydrogen (secondary N) is 2. The molecule has 1 aliphatic rings. The van der Waals surface area contributed by atoms with Crippen LogP contribution in [-0.4, -0.2) is 38.8 Å². The molecule has 0 unspecified atom stereocenters. The Morgan fingerprint density at radius 2 is 2.24 bits per heavy atom. The second kappa shape index (κ2) is 7.40. The second-order valence-corrected chi connectivity index (χ2v) is 8.13. The Hall–Kier alpha value is -1.49. The number of hydrogen-bond donors (Lipinski definition) is 2. The number of benzene rings is 1. The molecule has 2 N–H and O–H groups in total. The van der Waals surface area contributed by atoms with Gasteiger partial charge in [-0.05, 0) is 19.0 Å². The molecule has 2 heterocycles. The van der Waals surface area contributed by atoms with Crippen LogP contribution < -0.4 is 14.8 Å². The summed E-state index contributed by atoms with van der Waals surface area (Å²) in [6, 6.07) is 1.79. The average molecular weight is 410 g/mol. The van der Waals surface area contributed by atoms with E-state index in [1.165, 1.54) is 22.2 Å². The number of rotatable bonds is 5. The van der Waals surface area contributed by atoms with Crippen molar-refractivity contribution in [3.63, 3.8) is 0 Å². The van der Waals surface area contributed by atoms with Gasteiger partial charge in [0.2, 0.25) is 0 Å². The number of nitrogens with zero attached hydrogens (tertiary/aromatic N) is 1. The molecular weight excluding hydrogens is 396 g/mol. The van der Waals surface area contributed by atoms with Crippen molar-refractivity contribution in [1.29, 1.82) is 0 Å². The minimum atomic E-state index is -4.20. The minimum Gasteiger partial charge on any atom is -0.486 e. The highest BCUT2D eigenvalue weighted by atomic mass is 35.5. The monoisotopic (exact) mass is 409 g/mol. The standard InChI is InChI=1S/C14H14ClF2N3O3S2/c15-8-3-13(25(21,22)20-14-6-24-7-19-14)9(16)4-12(8)23-11-1-2-18-5-10(11)17/h3-4,6-7,10-11,18,20H,1-2,5H2/t10-,11+/m1/s1. The van der Waals surface area contributed by atoms with Crippen LogP contribution in [-0.2, 0) is 10.0 Å². The van der Waals surface area contributed by atoms with Crippen LogP contribution in [0.25, 0.3) is 0 Å². The Kier molecular flexibility index (Phi) is 5.42. The first-order chi connectivity index (χ1) is 11.9. The zero-order valence-electron chi connectivity index (χ0n) is 12.7. The minimum absolute atomic E-state index is 0.0795. The third-order valence-electron chi connectivity index (χ3n) is 3.57. The van der Waals surface area contributed by atoms with Gasteiger partial charge >= 0.3 is 0 Å². The fourth-order valence-electron chi connectivity index (χ4n) is 2.35. The zero-order chi connectivity index (χ0) is 18.0. The molecule has 6 nitrogen and oxygen atoms in total. The molecule has 11 heteroatoms. The summed E-state index contributed by atoms with van der Waals surface area (Å²) in [7, 11) is -4.20. The number of sulfonamides is 1. The van der Waals surface area contributed by atoms with Crippen LogP contribution in [0.15, 0.2) is 27.9 Å². The maximum atomic E-state index is 14.3. The molecule has 0 saturated carbocycles. The molecule has 1 aromatic carbocycles. The van der Waals surface area contributed by atoms with Crippen molar-refractivity contribution in [3.05, 3.63) is 33.9 Å². The van der Waals surface area contributed by atoms with E-state index in [4.69, 9.17) is 16.3 Å². The fraction of sp³-hybridized carbons (Fsp3) is 0.357. The number of alkyl halides is 1. The van der Waals surface area contributed by atoms with Crippen LogP contribution >= 0.6 is 22.9 Å². The number of halogens is 3. The Morgan fingerprint density at radius 3 is 2.92 bits per heavy atom. The van der Waals surface area contributed by atoms with Crippen LogP contribution in [0.5, 0.6) is 5.75 Å². The molecule has 25 heavy (non-hydrogen) atoms. The van der Waals surface area contributed by atoms with Gasteiger partial charge in [0.25, 0.3) is 10.0 Å². The van der Waals surface area contributed by atoms with Crippen LogP contribution in [0, 0.1) is 5.82 Å². The molecule has 1 aliphatic heterocycles. The van der Waals surface area contributed by atoms with Crippen LogP contribution in [0.1, 0.15) is 6.42 Å². The highest BCUT2D eigenvalue weighted by molar-refractivity contribution is 7.92. The first-order valence-electron chi connectivity index (χ1n) is 7.28. The van der Waals surface area contributed by atoms with Crippen molar-refractivity contribution in [2.45, 2.75) is 23.6 Å². The van der Waals surface area contributed by atoms with Gasteiger partial charge in [-0.2, -0.15) is 0 Å². The number of ether oxygens (including phenoxy) is 1. The summed E-state index contributed by atoms with van der Waals surface area (Å²) in [5.41, 5.74) is 1.44. The Balaban J connectivity index is 1.84. The molecule has 0 bridgehead atoms. The molecular formula is C14H14ClF2N3O3S2. The Morgan fingerprint density at radius 1 is 1.44 bits per heavy atom. The molecule has 2 aromatic rings. The van der Waals surface area contributed by atoms with Gasteiger partial charge in [-0.1, -0.05) is 11.6 Å². The predicted molar refractivity (Wildman–Crippen MR) is 91.1 cm³/mol. The first kappa shape index (κ1) is 18.3. The molecule has 136 valence electrons. The molecule has 3 rings (SSSR count). The maximum Gasteiger partial charge on any atom is 0.266 e. The van der Waals surface area contributed by atoms with Gasteiger partial charge in [0.05, 0.1) is 10.5 Å². The summed E-state index contributed by atoms with van der Waals surface area (Å²) in [6.07, 6.45) is -1.64. The van der Waals surface area contributed by atoms with Gasteiger partial charge in [-0.3, -0.25) is 4.72 Å². The highest BCUT2D eigenvalue weighted by Gasteiger charge is 2.28. The van der Waals surface area contributed by atoms with E-state index < -0.39 is 33.0 Å². The number of hydrogen-bond acceptors (Lipinski definition) is 6. The molecule has 1 fully saturated rings. The van der Waals surface area contributed by atoms with Crippen molar-refractivity contribution in [1.82, 2.24) is 10.3 Å². The van der Waals surface area contributed by atoms with Crippen LogP contribution in [0.3, 0.4) is 0 Å². The third kappa shape index (κ3) is 4.20. The smallest absolute Gasteiger partial charge is 0.266 e. The average Bonchev–Trinajstić information content (AvgIpc) is 3.04. The van der Waals surface area contributed by atoms with Gasteiger partial charge in [0, 0.05) is 18.0 Å². The normalized spacial score (nSPS) is 21.1. The second-order valence-electron chi connectivity index (χ2n) is 5.36. The van der Waals surface area contributed by atoms with E-state index in [0.717, 1.165) is 12.1 Å². The lowest BCUT2D eigenvalue weighted by Gasteiger charge is -2.27. The van der Waals surface area contributed by atoms with E-state index >= 15 is 0 Å². The van der Waals surface area contributed by atoms with Gasteiger partial charge < -0.3 is 10.1 Å². The predicted octanol–water partition coefficient (Wildman–Crippen LogP) is 2.82. The van der Waals surface area contributed by atoms with Crippen molar-refractivity contribution < 1.29 is 21.9 Å². The fourth-order valence-corrected chi connectivity index (χ4v) is 4.27. The first-order valence-corrected chi connectivity index (χ1v) is 10.1.